The van der Waals surface area contributed by atoms with E-state index >= 15 is 0 Å². The summed E-state index contributed by atoms with van der Waals surface area (Å²) in [5.74, 6) is -0.949. The van der Waals surface area contributed by atoms with Gasteiger partial charge >= 0.3 is 5.97 Å². The van der Waals surface area contributed by atoms with Crippen LogP contribution in [0, 0.1) is 0 Å². The number of nitrogens with zero attached hydrogens (tertiary/aromatic N) is 1. The standard InChI is InChI=1S/C17H16N2O3/c1-2-22-17(21)9-8-16(20)19-14-10-11-18-15(12-14)13-6-4-3-5-7-13/h3-12H,2H2,1H3,(H,18,19,20)/b9-8+. The molecule has 2 rings (SSSR count). The molecule has 0 aliphatic heterocycles. The Kier molecular flexibility index (Phi) is 5.43. The van der Waals surface area contributed by atoms with Gasteiger partial charge in [-0.25, -0.2) is 4.79 Å². The van der Waals surface area contributed by atoms with Crippen molar-refractivity contribution in [2.45, 2.75) is 6.92 Å². The predicted octanol–water partition coefficient (Wildman–Crippen LogP) is 2.81. The molecule has 1 N–H and O–H groups in total. The van der Waals surface area contributed by atoms with Crippen molar-refractivity contribution in [1.29, 1.82) is 0 Å². The van der Waals surface area contributed by atoms with Crippen molar-refractivity contribution in [3.05, 3.63) is 60.8 Å². The molecule has 0 saturated heterocycles. The maximum Gasteiger partial charge on any atom is 0.330 e. The Labute approximate surface area is 128 Å². The second kappa shape index (κ2) is 7.73. The first-order valence-corrected chi connectivity index (χ1v) is 6.86. The van der Waals surface area contributed by atoms with E-state index in [2.05, 4.69) is 10.3 Å². The molecule has 2 aromatic rings. The van der Waals surface area contributed by atoms with E-state index in [0.29, 0.717) is 5.69 Å². The minimum absolute atomic E-state index is 0.273. The predicted molar refractivity (Wildman–Crippen MR) is 84.1 cm³/mol. The van der Waals surface area contributed by atoms with Crippen molar-refractivity contribution in [3.8, 4) is 11.3 Å². The van der Waals surface area contributed by atoms with E-state index in [-0.39, 0.29) is 6.61 Å². The molecule has 1 aromatic heterocycles. The molecular weight excluding hydrogens is 280 g/mol. The number of benzene rings is 1. The minimum atomic E-state index is -0.544. The molecule has 0 unspecified atom stereocenters. The lowest BCUT2D eigenvalue weighted by Crippen LogP contribution is -2.09. The van der Waals surface area contributed by atoms with Crippen LogP contribution in [0.4, 0.5) is 5.69 Å². The number of ether oxygens (including phenoxy) is 1. The molecule has 0 fully saturated rings. The first-order chi connectivity index (χ1) is 10.7. The van der Waals surface area contributed by atoms with Gasteiger partial charge in [0.15, 0.2) is 0 Å². The quantitative estimate of drug-likeness (QED) is 0.680. The maximum atomic E-state index is 11.7. The van der Waals surface area contributed by atoms with Crippen LogP contribution in [-0.2, 0) is 14.3 Å². The molecule has 0 aliphatic rings. The fourth-order valence-corrected chi connectivity index (χ4v) is 1.79. The van der Waals surface area contributed by atoms with E-state index in [9.17, 15) is 9.59 Å². The van der Waals surface area contributed by atoms with E-state index < -0.39 is 11.9 Å². The molecule has 22 heavy (non-hydrogen) atoms. The zero-order chi connectivity index (χ0) is 15.8. The van der Waals surface area contributed by atoms with Crippen LogP contribution in [0.25, 0.3) is 11.3 Å². The molecule has 1 amide bonds. The van der Waals surface area contributed by atoms with Gasteiger partial charge in [0.25, 0.3) is 0 Å². The number of carbonyl (C=O) groups is 2. The summed E-state index contributed by atoms with van der Waals surface area (Å²) in [6.45, 7) is 1.98. The Morgan fingerprint density at radius 2 is 1.95 bits per heavy atom. The first-order valence-electron chi connectivity index (χ1n) is 6.86. The second-order valence-corrected chi connectivity index (χ2v) is 4.37. The molecule has 112 valence electrons. The zero-order valence-corrected chi connectivity index (χ0v) is 12.2. The van der Waals surface area contributed by atoms with Crippen LogP contribution in [0.3, 0.4) is 0 Å². The fourth-order valence-electron chi connectivity index (χ4n) is 1.79. The topological polar surface area (TPSA) is 68.3 Å². The van der Waals surface area contributed by atoms with E-state index in [1.165, 1.54) is 0 Å². The van der Waals surface area contributed by atoms with Crippen LogP contribution in [-0.4, -0.2) is 23.5 Å². The molecule has 5 nitrogen and oxygen atoms in total. The first kappa shape index (κ1) is 15.4. The van der Waals surface area contributed by atoms with Crippen LogP contribution < -0.4 is 5.32 Å². The smallest absolute Gasteiger partial charge is 0.330 e. The van der Waals surface area contributed by atoms with Gasteiger partial charge in [0.1, 0.15) is 0 Å². The SMILES string of the molecule is CCOC(=O)/C=C/C(=O)Nc1ccnc(-c2ccccc2)c1. The molecule has 0 spiro atoms. The molecule has 0 aliphatic carbocycles. The summed E-state index contributed by atoms with van der Waals surface area (Å²) >= 11 is 0. The Balaban J connectivity index is 2.05. The van der Waals surface area contributed by atoms with Crippen LogP contribution in [0.5, 0.6) is 0 Å². The highest BCUT2D eigenvalue weighted by atomic mass is 16.5. The summed E-state index contributed by atoms with van der Waals surface area (Å²) in [5.41, 5.74) is 2.32. The lowest BCUT2D eigenvalue weighted by Gasteiger charge is -2.05. The van der Waals surface area contributed by atoms with Gasteiger partial charge in [-0.05, 0) is 19.1 Å². The van der Waals surface area contributed by atoms with Crippen molar-refractivity contribution in [2.75, 3.05) is 11.9 Å². The summed E-state index contributed by atoms with van der Waals surface area (Å²) in [4.78, 5) is 27.2. The average Bonchev–Trinajstić information content (AvgIpc) is 2.54. The lowest BCUT2D eigenvalue weighted by atomic mass is 10.1. The number of carbonyl (C=O) groups excluding carboxylic acids is 2. The molecular formula is C17H16N2O3. The van der Waals surface area contributed by atoms with E-state index in [0.717, 1.165) is 23.4 Å². The lowest BCUT2D eigenvalue weighted by molar-refractivity contribution is -0.137. The van der Waals surface area contributed by atoms with E-state index in [4.69, 9.17) is 4.74 Å². The Morgan fingerprint density at radius 3 is 2.68 bits per heavy atom. The normalized spacial score (nSPS) is 10.4. The molecule has 1 aromatic carbocycles. The van der Waals surface area contributed by atoms with Crippen LogP contribution in [0.2, 0.25) is 0 Å². The third-order valence-corrected chi connectivity index (χ3v) is 2.75. The highest BCUT2D eigenvalue weighted by Crippen LogP contribution is 2.19. The van der Waals surface area contributed by atoms with Gasteiger partial charge in [-0.15, -0.1) is 0 Å². The number of hydrogen-bond donors (Lipinski definition) is 1. The third kappa shape index (κ3) is 4.56. The molecule has 5 heteroatoms. The number of amides is 1. The van der Waals surface area contributed by atoms with Gasteiger partial charge in [0.05, 0.1) is 12.3 Å². The summed E-state index contributed by atoms with van der Waals surface area (Å²) in [5, 5.41) is 2.68. The highest BCUT2D eigenvalue weighted by Gasteiger charge is 2.03. The van der Waals surface area contributed by atoms with Crippen LogP contribution in [0.1, 0.15) is 6.92 Å². The second-order valence-electron chi connectivity index (χ2n) is 4.37. The van der Waals surface area contributed by atoms with Crippen molar-refractivity contribution in [1.82, 2.24) is 4.98 Å². The summed E-state index contributed by atoms with van der Waals surface area (Å²) in [6.07, 6.45) is 3.85. The van der Waals surface area contributed by atoms with Crippen LogP contribution in [0.15, 0.2) is 60.8 Å². The van der Waals surface area contributed by atoms with Crippen LogP contribution >= 0.6 is 0 Å². The van der Waals surface area contributed by atoms with Gasteiger partial charge in [-0.2, -0.15) is 0 Å². The number of pyridine rings is 1. The largest absolute Gasteiger partial charge is 0.463 e. The fraction of sp³-hybridized carbons (Fsp3) is 0.118. The van der Waals surface area contributed by atoms with Crippen molar-refractivity contribution < 1.29 is 14.3 Å². The van der Waals surface area contributed by atoms with E-state index in [1.807, 2.05) is 30.3 Å². The molecule has 0 saturated carbocycles. The van der Waals surface area contributed by atoms with Crippen molar-refractivity contribution in [2.24, 2.45) is 0 Å². The number of nitrogens with one attached hydrogen (secondary N) is 1. The molecule has 0 bridgehead atoms. The Morgan fingerprint density at radius 1 is 1.18 bits per heavy atom. The number of aromatic nitrogens is 1. The minimum Gasteiger partial charge on any atom is -0.463 e. The van der Waals surface area contributed by atoms with Crippen molar-refractivity contribution >= 4 is 17.6 Å². The third-order valence-electron chi connectivity index (χ3n) is 2.75. The van der Waals surface area contributed by atoms with Gasteiger partial charge in [0.2, 0.25) is 5.91 Å². The maximum absolute atomic E-state index is 11.7. The van der Waals surface area contributed by atoms with Gasteiger partial charge in [-0.1, -0.05) is 30.3 Å². The summed E-state index contributed by atoms with van der Waals surface area (Å²) in [6, 6.07) is 13.1. The monoisotopic (exact) mass is 296 g/mol. The molecule has 0 atom stereocenters. The van der Waals surface area contributed by atoms with Crippen molar-refractivity contribution in [3.63, 3.8) is 0 Å². The Hall–Kier alpha value is -2.95. The molecule has 1 heterocycles. The highest BCUT2D eigenvalue weighted by molar-refractivity contribution is 6.02. The molecule has 0 radical (unpaired) electrons. The van der Waals surface area contributed by atoms with Gasteiger partial charge in [0, 0.05) is 29.6 Å². The summed E-state index contributed by atoms with van der Waals surface area (Å²) in [7, 11) is 0. The Bertz CT molecular complexity index is 681. The number of rotatable bonds is 5. The van der Waals surface area contributed by atoms with Gasteiger partial charge in [-0.3, -0.25) is 9.78 Å². The number of esters is 1. The zero-order valence-electron chi connectivity index (χ0n) is 12.2. The van der Waals surface area contributed by atoms with Gasteiger partial charge < -0.3 is 10.1 Å². The van der Waals surface area contributed by atoms with E-state index in [1.54, 1.807) is 25.3 Å². The number of anilines is 1. The number of hydrogen-bond acceptors (Lipinski definition) is 4. The summed E-state index contributed by atoms with van der Waals surface area (Å²) < 4.78 is 4.70. The average molecular weight is 296 g/mol.